The number of amides is 1. The predicted octanol–water partition coefficient (Wildman–Crippen LogP) is 1.48. The molecule has 3 heterocycles. The Balaban J connectivity index is 1.73. The van der Waals surface area contributed by atoms with Crippen LogP contribution in [0.5, 0.6) is 0 Å². The maximum atomic E-state index is 11.9. The second-order valence-electron chi connectivity index (χ2n) is 6.31. The summed E-state index contributed by atoms with van der Waals surface area (Å²) in [6.07, 6.45) is 7.06. The number of pyridine rings is 1. The van der Waals surface area contributed by atoms with Crippen LogP contribution in [0.4, 0.5) is 5.82 Å². The topological polar surface area (TPSA) is 72.3 Å². The molecule has 1 aliphatic rings. The van der Waals surface area contributed by atoms with Gasteiger partial charge in [0.15, 0.2) is 0 Å². The molecule has 0 bridgehead atoms. The molecule has 1 aliphatic heterocycles. The molecule has 0 aliphatic carbocycles. The number of aromatic nitrogens is 3. The molecule has 2 aromatic heterocycles. The number of carbonyl (C=O) groups is 1. The molecular weight excluding hydrogens is 318 g/mol. The van der Waals surface area contributed by atoms with Crippen LogP contribution in [0.3, 0.4) is 0 Å². The van der Waals surface area contributed by atoms with E-state index in [1.54, 1.807) is 23.0 Å². The number of rotatable bonds is 5. The number of anilines is 1. The Morgan fingerprint density at radius 2 is 2.32 bits per heavy atom. The Hall–Kier alpha value is -2.67. The SMILES string of the molecule is C=CCNC(=O)c1ccc(N2CCOC(C)(c3cnn(C)c3)C2)nc1. The van der Waals surface area contributed by atoms with Gasteiger partial charge in [0.05, 0.1) is 24.9 Å². The first-order valence-electron chi connectivity index (χ1n) is 8.25. The van der Waals surface area contributed by atoms with E-state index in [1.807, 2.05) is 25.5 Å². The molecule has 1 N–H and O–H groups in total. The average molecular weight is 341 g/mol. The van der Waals surface area contributed by atoms with Crippen molar-refractivity contribution in [2.75, 3.05) is 31.1 Å². The van der Waals surface area contributed by atoms with E-state index in [1.165, 1.54) is 0 Å². The minimum Gasteiger partial charge on any atom is -0.367 e. The zero-order valence-electron chi connectivity index (χ0n) is 14.6. The molecule has 0 spiro atoms. The summed E-state index contributed by atoms with van der Waals surface area (Å²) in [5, 5.41) is 6.99. The minimum atomic E-state index is -0.436. The molecule has 3 rings (SSSR count). The van der Waals surface area contributed by atoms with Gasteiger partial charge in [-0.2, -0.15) is 5.10 Å². The minimum absolute atomic E-state index is 0.152. The van der Waals surface area contributed by atoms with Crippen molar-refractivity contribution in [1.82, 2.24) is 20.1 Å². The van der Waals surface area contributed by atoms with Crippen molar-refractivity contribution in [2.24, 2.45) is 7.05 Å². The van der Waals surface area contributed by atoms with Crippen LogP contribution in [0, 0.1) is 0 Å². The van der Waals surface area contributed by atoms with E-state index in [0.717, 1.165) is 17.9 Å². The highest BCUT2D eigenvalue weighted by Crippen LogP contribution is 2.30. The number of hydrogen-bond donors (Lipinski definition) is 1. The molecule has 1 saturated heterocycles. The van der Waals surface area contributed by atoms with Crippen molar-refractivity contribution in [1.29, 1.82) is 0 Å². The molecule has 1 atom stereocenters. The van der Waals surface area contributed by atoms with Gasteiger partial charge in [0, 0.05) is 38.1 Å². The summed E-state index contributed by atoms with van der Waals surface area (Å²) in [5.41, 5.74) is 1.14. The van der Waals surface area contributed by atoms with E-state index in [9.17, 15) is 4.79 Å². The van der Waals surface area contributed by atoms with Crippen LogP contribution >= 0.6 is 0 Å². The molecule has 1 unspecified atom stereocenters. The van der Waals surface area contributed by atoms with Crippen LogP contribution in [-0.2, 0) is 17.4 Å². The third kappa shape index (κ3) is 3.71. The molecule has 25 heavy (non-hydrogen) atoms. The molecule has 1 fully saturated rings. The Morgan fingerprint density at radius 3 is 2.96 bits per heavy atom. The molecule has 132 valence electrons. The summed E-state index contributed by atoms with van der Waals surface area (Å²) in [4.78, 5) is 18.6. The van der Waals surface area contributed by atoms with Crippen LogP contribution in [-0.4, -0.2) is 46.9 Å². The van der Waals surface area contributed by atoms with Gasteiger partial charge in [-0.15, -0.1) is 6.58 Å². The molecule has 2 aromatic rings. The van der Waals surface area contributed by atoms with Crippen LogP contribution < -0.4 is 10.2 Å². The van der Waals surface area contributed by atoms with Crippen molar-refractivity contribution in [2.45, 2.75) is 12.5 Å². The van der Waals surface area contributed by atoms with Gasteiger partial charge < -0.3 is 15.0 Å². The van der Waals surface area contributed by atoms with Crippen molar-refractivity contribution in [3.63, 3.8) is 0 Å². The number of ether oxygens (including phenoxy) is 1. The fourth-order valence-electron chi connectivity index (χ4n) is 2.91. The van der Waals surface area contributed by atoms with E-state index < -0.39 is 5.60 Å². The lowest BCUT2D eigenvalue weighted by molar-refractivity contribution is -0.0468. The highest BCUT2D eigenvalue weighted by Gasteiger charge is 2.35. The van der Waals surface area contributed by atoms with E-state index in [4.69, 9.17) is 4.74 Å². The number of morpholine rings is 1. The van der Waals surface area contributed by atoms with Gasteiger partial charge in [0.1, 0.15) is 11.4 Å². The molecule has 0 radical (unpaired) electrons. The van der Waals surface area contributed by atoms with Gasteiger partial charge in [-0.3, -0.25) is 9.48 Å². The summed E-state index contributed by atoms with van der Waals surface area (Å²) in [7, 11) is 1.89. The lowest BCUT2D eigenvalue weighted by Gasteiger charge is -2.40. The standard InChI is InChI=1S/C18H23N5O2/c1-4-7-19-17(24)14-5-6-16(20-10-14)23-8-9-25-18(2,13-23)15-11-21-22(3)12-15/h4-6,10-12H,1,7-9,13H2,2-3H3,(H,19,24). The number of hydrogen-bond acceptors (Lipinski definition) is 5. The fourth-order valence-corrected chi connectivity index (χ4v) is 2.91. The summed E-state index contributed by atoms with van der Waals surface area (Å²) < 4.78 is 7.80. The van der Waals surface area contributed by atoms with Crippen molar-refractivity contribution >= 4 is 11.7 Å². The molecular formula is C18H23N5O2. The van der Waals surface area contributed by atoms with Gasteiger partial charge >= 0.3 is 0 Å². The lowest BCUT2D eigenvalue weighted by Crippen LogP contribution is -2.48. The lowest BCUT2D eigenvalue weighted by atomic mass is 9.97. The maximum Gasteiger partial charge on any atom is 0.253 e. The van der Waals surface area contributed by atoms with E-state index in [0.29, 0.717) is 25.3 Å². The van der Waals surface area contributed by atoms with E-state index >= 15 is 0 Å². The van der Waals surface area contributed by atoms with Crippen molar-refractivity contribution < 1.29 is 9.53 Å². The Labute approximate surface area is 147 Å². The van der Waals surface area contributed by atoms with Gasteiger partial charge in [-0.1, -0.05) is 6.08 Å². The molecule has 0 aromatic carbocycles. The summed E-state index contributed by atoms with van der Waals surface area (Å²) in [6.45, 7) is 8.12. The van der Waals surface area contributed by atoms with Gasteiger partial charge in [0.25, 0.3) is 5.91 Å². The first kappa shape index (κ1) is 17.2. The second kappa shape index (κ2) is 7.06. The number of aryl methyl sites for hydroxylation is 1. The third-order valence-electron chi connectivity index (χ3n) is 4.33. The molecule has 1 amide bonds. The molecule has 7 nitrogen and oxygen atoms in total. The highest BCUT2D eigenvalue weighted by molar-refractivity contribution is 5.94. The normalized spacial score (nSPS) is 20.3. The van der Waals surface area contributed by atoms with Gasteiger partial charge in [-0.05, 0) is 19.1 Å². The van der Waals surface area contributed by atoms with Crippen LogP contribution in [0.25, 0.3) is 0 Å². The zero-order chi connectivity index (χ0) is 17.9. The van der Waals surface area contributed by atoms with Gasteiger partial charge in [0.2, 0.25) is 0 Å². The predicted molar refractivity (Wildman–Crippen MR) is 95.5 cm³/mol. The van der Waals surface area contributed by atoms with Crippen molar-refractivity contribution in [3.05, 3.63) is 54.5 Å². The summed E-state index contributed by atoms with van der Waals surface area (Å²) >= 11 is 0. The van der Waals surface area contributed by atoms with Crippen LogP contribution in [0.2, 0.25) is 0 Å². The first-order valence-corrected chi connectivity index (χ1v) is 8.25. The van der Waals surface area contributed by atoms with Crippen LogP contribution in [0.1, 0.15) is 22.8 Å². The maximum absolute atomic E-state index is 11.9. The average Bonchev–Trinajstić information content (AvgIpc) is 3.07. The van der Waals surface area contributed by atoms with Crippen LogP contribution in [0.15, 0.2) is 43.4 Å². The summed E-state index contributed by atoms with van der Waals surface area (Å²) in [6, 6.07) is 3.66. The van der Waals surface area contributed by atoms with Crippen molar-refractivity contribution in [3.8, 4) is 0 Å². The number of nitrogens with one attached hydrogen (secondary N) is 1. The molecule has 0 saturated carbocycles. The Morgan fingerprint density at radius 1 is 1.48 bits per heavy atom. The van der Waals surface area contributed by atoms with Gasteiger partial charge in [-0.25, -0.2) is 4.98 Å². The Kier molecular flexibility index (Phi) is 4.85. The number of carbonyl (C=O) groups excluding carboxylic acids is 1. The fraction of sp³-hybridized carbons (Fsp3) is 0.389. The smallest absolute Gasteiger partial charge is 0.253 e. The third-order valence-corrected chi connectivity index (χ3v) is 4.33. The van der Waals surface area contributed by atoms with E-state index in [2.05, 4.69) is 33.8 Å². The summed E-state index contributed by atoms with van der Waals surface area (Å²) in [5.74, 6) is 0.680. The number of nitrogens with zero attached hydrogens (tertiary/aromatic N) is 4. The monoisotopic (exact) mass is 341 g/mol. The Bertz CT molecular complexity index is 755. The zero-order valence-corrected chi connectivity index (χ0v) is 14.6. The van der Waals surface area contributed by atoms with E-state index in [-0.39, 0.29) is 5.91 Å². The first-order chi connectivity index (χ1) is 12.0. The quantitative estimate of drug-likeness (QED) is 0.834. The molecule has 7 heteroatoms. The highest BCUT2D eigenvalue weighted by atomic mass is 16.5. The second-order valence-corrected chi connectivity index (χ2v) is 6.31. The largest absolute Gasteiger partial charge is 0.367 e.